The zero-order chi connectivity index (χ0) is 19.0. The van der Waals surface area contributed by atoms with Gasteiger partial charge in [0.1, 0.15) is 5.82 Å². The lowest BCUT2D eigenvalue weighted by molar-refractivity contribution is 0.601. The van der Waals surface area contributed by atoms with E-state index < -0.39 is 10.0 Å². The van der Waals surface area contributed by atoms with Gasteiger partial charge in [0.2, 0.25) is 0 Å². The SMILES string of the molecule is CC1Cc2ccccc2N1c1ccc(NS(=O)(=O)c2cccc(Cl)c2)cn1. The summed E-state index contributed by atoms with van der Waals surface area (Å²) in [4.78, 5) is 6.76. The van der Waals surface area contributed by atoms with Gasteiger partial charge in [0, 0.05) is 16.8 Å². The zero-order valence-electron chi connectivity index (χ0n) is 14.6. The molecule has 138 valence electrons. The summed E-state index contributed by atoms with van der Waals surface area (Å²) in [6, 6.07) is 18.2. The molecule has 5 nitrogen and oxygen atoms in total. The smallest absolute Gasteiger partial charge is 0.261 e. The van der Waals surface area contributed by atoms with Gasteiger partial charge in [-0.1, -0.05) is 35.9 Å². The van der Waals surface area contributed by atoms with E-state index >= 15 is 0 Å². The number of sulfonamides is 1. The molecule has 0 saturated heterocycles. The standard InChI is InChI=1S/C20H18ClN3O2S/c1-14-11-15-5-2-3-8-19(15)24(14)20-10-9-17(13-22-20)23-27(25,26)18-7-4-6-16(21)12-18/h2-10,12-14,23H,11H2,1H3. The Hall–Kier alpha value is -2.57. The van der Waals surface area contributed by atoms with Crippen LogP contribution in [0.2, 0.25) is 5.02 Å². The monoisotopic (exact) mass is 399 g/mol. The van der Waals surface area contributed by atoms with Gasteiger partial charge in [-0.3, -0.25) is 4.72 Å². The highest BCUT2D eigenvalue weighted by atomic mass is 35.5. The molecule has 0 saturated carbocycles. The lowest BCUT2D eigenvalue weighted by Crippen LogP contribution is -2.24. The Morgan fingerprint density at radius 3 is 2.67 bits per heavy atom. The summed E-state index contributed by atoms with van der Waals surface area (Å²) >= 11 is 5.89. The van der Waals surface area contributed by atoms with Crippen molar-refractivity contribution in [3.05, 3.63) is 77.4 Å². The van der Waals surface area contributed by atoms with Crippen LogP contribution in [0.1, 0.15) is 12.5 Å². The molecule has 2 heterocycles. The minimum atomic E-state index is -3.72. The molecule has 0 aliphatic carbocycles. The van der Waals surface area contributed by atoms with E-state index in [2.05, 4.69) is 33.7 Å². The van der Waals surface area contributed by atoms with E-state index in [1.165, 1.54) is 23.9 Å². The summed E-state index contributed by atoms with van der Waals surface area (Å²) in [5.74, 6) is 0.790. The first kappa shape index (κ1) is 17.8. The molecule has 0 amide bonds. The summed E-state index contributed by atoms with van der Waals surface area (Å²) in [7, 11) is -3.72. The van der Waals surface area contributed by atoms with Gasteiger partial charge in [0.05, 0.1) is 16.8 Å². The van der Waals surface area contributed by atoms with Crippen molar-refractivity contribution in [3.63, 3.8) is 0 Å². The van der Waals surface area contributed by atoms with Gasteiger partial charge in [-0.15, -0.1) is 0 Å². The summed E-state index contributed by atoms with van der Waals surface area (Å²) in [6.07, 6.45) is 2.49. The zero-order valence-corrected chi connectivity index (χ0v) is 16.2. The molecule has 0 fully saturated rings. The molecular weight excluding hydrogens is 382 g/mol. The number of hydrogen-bond acceptors (Lipinski definition) is 4. The summed E-state index contributed by atoms with van der Waals surface area (Å²) < 4.78 is 27.5. The number of pyridine rings is 1. The highest BCUT2D eigenvalue weighted by Gasteiger charge is 2.27. The van der Waals surface area contributed by atoms with Gasteiger partial charge in [-0.05, 0) is 55.3 Å². The van der Waals surface area contributed by atoms with Crippen LogP contribution in [0.25, 0.3) is 0 Å². The van der Waals surface area contributed by atoms with Crippen LogP contribution in [-0.2, 0) is 16.4 Å². The van der Waals surface area contributed by atoms with Crippen molar-refractivity contribution in [2.75, 3.05) is 9.62 Å². The first-order valence-corrected chi connectivity index (χ1v) is 10.4. The van der Waals surface area contributed by atoms with E-state index in [-0.39, 0.29) is 4.90 Å². The van der Waals surface area contributed by atoms with E-state index in [0.29, 0.717) is 16.8 Å². The predicted octanol–water partition coefficient (Wildman–Crippen LogP) is 4.62. The maximum Gasteiger partial charge on any atom is 0.261 e. The molecule has 1 aromatic heterocycles. The molecule has 0 bridgehead atoms. The number of nitrogens with one attached hydrogen (secondary N) is 1. The normalized spacial score (nSPS) is 16.2. The fourth-order valence-corrected chi connectivity index (χ4v) is 4.70. The van der Waals surface area contributed by atoms with Gasteiger partial charge < -0.3 is 4.90 Å². The lowest BCUT2D eigenvalue weighted by Gasteiger charge is -2.24. The maximum absolute atomic E-state index is 12.5. The van der Waals surface area contributed by atoms with Gasteiger partial charge in [0.25, 0.3) is 10.0 Å². The number of benzene rings is 2. The highest BCUT2D eigenvalue weighted by Crippen LogP contribution is 2.37. The van der Waals surface area contributed by atoms with Crippen molar-refractivity contribution in [2.24, 2.45) is 0 Å². The number of anilines is 3. The molecule has 0 spiro atoms. The molecule has 1 N–H and O–H groups in total. The van der Waals surface area contributed by atoms with Crippen LogP contribution in [0.3, 0.4) is 0 Å². The minimum absolute atomic E-state index is 0.112. The summed E-state index contributed by atoms with van der Waals surface area (Å²) in [5.41, 5.74) is 2.83. The van der Waals surface area contributed by atoms with Crippen molar-refractivity contribution in [1.82, 2.24) is 4.98 Å². The minimum Gasteiger partial charge on any atom is -0.323 e. The second-order valence-electron chi connectivity index (χ2n) is 6.52. The molecule has 1 aliphatic heterocycles. The molecule has 1 aliphatic rings. The number of rotatable bonds is 4. The van der Waals surface area contributed by atoms with Crippen molar-refractivity contribution in [2.45, 2.75) is 24.3 Å². The van der Waals surface area contributed by atoms with Crippen molar-refractivity contribution in [1.29, 1.82) is 0 Å². The molecule has 0 radical (unpaired) electrons. The van der Waals surface area contributed by atoms with Crippen LogP contribution < -0.4 is 9.62 Å². The Labute approximate surface area is 163 Å². The Morgan fingerprint density at radius 1 is 1.11 bits per heavy atom. The van der Waals surface area contributed by atoms with E-state index in [4.69, 9.17) is 11.6 Å². The topological polar surface area (TPSA) is 62.3 Å². The fraction of sp³-hybridized carbons (Fsp3) is 0.150. The van der Waals surface area contributed by atoms with E-state index in [1.54, 1.807) is 18.2 Å². The fourth-order valence-electron chi connectivity index (χ4n) is 3.35. The van der Waals surface area contributed by atoms with Crippen molar-refractivity contribution < 1.29 is 8.42 Å². The number of nitrogens with zero attached hydrogens (tertiary/aromatic N) is 2. The molecule has 7 heteroatoms. The highest BCUT2D eigenvalue weighted by molar-refractivity contribution is 7.92. The Morgan fingerprint density at radius 2 is 1.93 bits per heavy atom. The largest absolute Gasteiger partial charge is 0.323 e. The maximum atomic E-state index is 12.5. The van der Waals surface area contributed by atoms with Crippen LogP contribution in [0, 0.1) is 0 Å². The second kappa shape index (κ2) is 6.87. The second-order valence-corrected chi connectivity index (χ2v) is 8.64. The third-order valence-corrected chi connectivity index (χ3v) is 6.17. The number of hydrogen-bond donors (Lipinski definition) is 1. The van der Waals surface area contributed by atoms with Gasteiger partial charge in [0.15, 0.2) is 0 Å². The van der Waals surface area contributed by atoms with Gasteiger partial charge in [-0.2, -0.15) is 0 Å². The quantitative estimate of drug-likeness (QED) is 0.695. The first-order valence-electron chi connectivity index (χ1n) is 8.56. The Balaban J connectivity index is 1.58. The molecule has 1 unspecified atom stereocenters. The molecule has 4 rings (SSSR count). The first-order chi connectivity index (χ1) is 12.9. The van der Waals surface area contributed by atoms with Crippen molar-refractivity contribution in [3.8, 4) is 0 Å². The van der Waals surface area contributed by atoms with Crippen LogP contribution >= 0.6 is 11.6 Å². The molecule has 2 aromatic carbocycles. The molecule has 1 atom stereocenters. The average molecular weight is 400 g/mol. The summed E-state index contributed by atoms with van der Waals surface area (Å²) in [5, 5.41) is 0.369. The third kappa shape index (κ3) is 3.50. The van der Waals surface area contributed by atoms with E-state index in [9.17, 15) is 8.42 Å². The van der Waals surface area contributed by atoms with Gasteiger partial charge in [-0.25, -0.2) is 13.4 Å². The van der Waals surface area contributed by atoms with Gasteiger partial charge >= 0.3 is 0 Å². The number of aromatic nitrogens is 1. The molecule has 3 aromatic rings. The number of halogens is 1. The summed E-state index contributed by atoms with van der Waals surface area (Å²) in [6.45, 7) is 2.15. The van der Waals surface area contributed by atoms with Crippen LogP contribution in [-0.4, -0.2) is 19.4 Å². The number of fused-ring (bicyclic) bond motifs is 1. The predicted molar refractivity (Wildman–Crippen MR) is 108 cm³/mol. The van der Waals surface area contributed by atoms with Crippen molar-refractivity contribution >= 4 is 38.8 Å². The third-order valence-electron chi connectivity index (χ3n) is 4.56. The van der Waals surface area contributed by atoms with Crippen LogP contribution in [0.4, 0.5) is 17.2 Å². The average Bonchev–Trinajstić information content (AvgIpc) is 2.98. The Kier molecular flexibility index (Phi) is 4.53. The van der Waals surface area contributed by atoms with E-state index in [1.807, 2.05) is 18.2 Å². The molecule has 27 heavy (non-hydrogen) atoms. The van der Waals surface area contributed by atoms with Crippen LogP contribution in [0.15, 0.2) is 71.8 Å². The van der Waals surface area contributed by atoms with E-state index in [0.717, 1.165) is 17.9 Å². The number of para-hydroxylation sites is 1. The van der Waals surface area contributed by atoms with Crippen LogP contribution in [0.5, 0.6) is 0 Å². The Bertz CT molecular complexity index is 1080. The molecular formula is C20H18ClN3O2S. The lowest BCUT2D eigenvalue weighted by atomic mass is 10.1.